The van der Waals surface area contributed by atoms with Gasteiger partial charge in [-0.2, -0.15) is 0 Å². The smallest absolute Gasteiger partial charge is 0.0714 e. The molecule has 2 heteroatoms. The van der Waals surface area contributed by atoms with E-state index < -0.39 is 5.41 Å². The third-order valence-electron chi connectivity index (χ3n) is 11.5. The average molecular weight is 718 g/mol. The highest BCUT2D eigenvalue weighted by atomic mass is 32.1. The molecule has 1 aromatic heterocycles. The topological polar surface area (TPSA) is 3.24 Å². The summed E-state index contributed by atoms with van der Waals surface area (Å²) in [5, 5.41) is 5.09. The molecule has 10 aromatic rings. The molecule has 0 atom stereocenters. The lowest BCUT2D eigenvalue weighted by molar-refractivity contribution is 0.768. The molecule has 0 N–H and O–H groups in total. The molecule has 0 saturated heterocycles. The van der Waals surface area contributed by atoms with Crippen molar-refractivity contribution in [1.29, 1.82) is 0 Å². The van der Waals surface area contributed by atoms with Gasteiger partial charge in [0.25, 0.3) is 0 Å². The lowest BCUT2D eigenvalue weighted by Crippen LogP contribution is -2.28. The second-order valence-corrected chi connectivity index (χ2v) is 15.5. The first kappa shape index (κ1) is 31.8. The highest BCUT2D eigenvalue weighted by Gasteiger charge is 2.47. The summed E-state index contributed by atoms with van der Waals surface area (Å²) in [4.78, 5) is 2.52. The molecule has 1 aliphatic carbocycles. The van der Waals surface area contributed by atoms with Crippen molar-refractivity contribution in [3.63, 3.8) is 0 Å². The zero-order valence-electron chi connectivity index (χ0n) is 30.1. The van der Waals surface area contributed by atoms with Gasteiger partial charge in [0.05, 0.1) is 21.5 Å². The van der Waals surface area contributed by atoms with Crippen LogP contribution < -0.4 is 4.90 Å². The quantitative estimate of drug-likeness (QED) is 0.166. The van der Waals surface area contributed by atoms with E-state index in [1.807, 2.05) is 11.3 Å². The van der Waals surface area contributed by atoms with Gasteiger partial charge in [-0.05, 0) is 86.1 Å². The largest absolute Gasteiger partial charge is 0.308 e. The highest BCUT2D eigenvalue weighted by molar-refractivity contribution is 7.26. The first-order chi connectivity index (χ1) is 27.3. The number of hydrogen-bond donors (Lipinski definition) is 0. The summed E-state index contributed by atoms with van der Waals surface area (Å²) in [6, 6.07) is 78.3. The zero-order chi connectivity index (χ0) is 36.3. The molecule has 0 radical (unpaired) electrons. The van der Waals surface area contributed by atoms with Crippen LogP contribution >= 0.6 is 11.3 Å². The number of hydrogen-bond acceptors (Lipinski definition) is 2. The van der Waals surface area contributed by atoms with E-state index >= 15 is 0 Å². The molecule has 55 heavy (non-hydrogen) atoms. The van der Waals surface area contributed by atoms with Crippen molar-refractivity contribution in [2.24, 2.45) is 0 Å². The van der Waals surface area contributed by atoms with Crippen LogP contribution in [-0.2, 0) is 5.41 Å². The molecule has 0 saturated carbocycles. The van der Waals surface area contributed by atoms with Crippen LogP contribution in [0, 0.1) is 0 Å². The van der Waals surface area contributed by atoms with E-state index in [2.05, 4.69) is 217 Å². The maximum absolute atomic E-state index is 2.52. The number of thiophene rings is 1. The Morgan fingerprint density at radius 2 is 1.00 bits per heavy atom. The second-order valence-electron chi connectivity index (χ2n) is 14.4. The second kappa shape index (κ2) is 12.7. The van der Waals surface area contributed by atoms with E-state index in [-0.39, 0.29) is 0 Å². The predicted octanol–water partition coefficient (Wildman–Crippen LogP) is 14.7. The Hall–Kier alpha value is -6.74. The van der Waals surface area contributed by atoms with Gasteiger partial charge in [0.1, 0.15) is 0 Å². The Bertz CT molecular complexity index is 2990. The van der Waals surface area contributed by atoms with Crippen molar-refractivity contribution in [2.75, 3.05) is 4.90 Å². The SMILES string of the molecule is c1ccc(C2(c3ccccc3)c3ccccc3-c3c(N(c4ccc(-c5ccc6ccccc6c5)cc4)c4cccc5c4sc4ccccc45)cccc32)cc1. The van der Waals surface area contributed by atoms with E-state index in [4.69, 9.17) is 0 Å². The van der Waals surface area contributed by atoms with Crippen molar-refractivity contribution in [1.82, 2.24) is 0 Å². The summed E-state index contributed by atoms with van der Waals surface area (Å²) in [7, 11) is 0. The van der Waals surface area contributed by atoms with Crippen LogP contribution in [0.2, 0.25) is 0 Å². The van der Waals surface area contributed by atoms with Gasteiger partial charge in [0.15, 0.2) is 0 Å². The van der Waals surface area contributed by atoms with E-state index in [1.165, 1.54) is 86.8 Å². The minimum atomic E-state index is -0.486. The minimum absolute atomic E-state index is 0.486. The molecule has 1 nitrogen and oxygen atoms in total. The standard InChI is InChI=1S/C53H35NS/c1-3-17-40(18-4-1)53(41-19-5-2-6-20-41)46-24-11-9-22-45(46)51-47(53)25-14-26-48(51)54(49-27-13-23-44-43-21-10-12-28-50(43)55-52(44)49)42-33-31-37(32-34-42)39-30-29-36-15-7-8-16-38(36)35-39/h1-35H. The van der Waals surface area contributed by atoms with Gasteiger partial charge in [-0.1, -0.05) is 176 Å². The molecule has 1 heterocycles. The molecule has 1 aliphatic rings. The van der Waals surface area contributed by atoms with Gasteiger partial charge in [-0.3, -0.25) is 0 Å². The van der Waals surface area contributed by atoms with Gasteiger partial charge < -0.3 is 4.90 Å². The van der Waals surface area contributed by atoms with E-state index in [9.17, 15) is 0 Å². The van der Waals surface area contributed by atoms with Crippen LogP contribution in [0.25, 0.3) is 53.2 Å². The molecule has 258 valence electrons. The highest BCUT2D eigenvalue weighted by Crippen LogP contribution is 2.60. The summed E-state index contributed by atoms with van der Waals surface area (Å²) in [5.74, 6) is 0. The van der Waals surface area contributed by atoms with Crippen molar-refractivity contribution in [3.8, 4) is 22.3 Å². The van der Waals surface area contributed by atoms with Gasteiger partial charge in [0, 0.05) is 26.7 Å². The first-order valence-corrected chi connectivity index (χ1v) is 19.7. The fourth-order valence-corrected chi connectivity index (χ4v) is 10.4. The van der Waals surface area contributed by atoms with Gasteiger partial charge in [0.2, 0.25) is 0 Å². The van der Waals surface area contributed by atoms with Crippen molar-refractivity contribution < 1.29 is 0 Å². The molecule has 0 aliphatic heterocycles. The number of fused-ring (bicyclic) bond motifs is 7. The molecule has 9 aromatic carbocycles. The van der Waals surface area contributed by atoms with E-state index in [0.29, 0.717) is 0 Å². The predicted molar refractivity (Wildman–Crippen MR) is 234 cm³/mol. The van der Waals surface area contributed by atoms with Gasteiger partial charge in [-0.25, -0.2) is 0 Å². The molecule has 0 fully saturated rings. The molecular formula is C53H35NS. The summed E-state index contributed by atoms with van der Waals surface area (Å²) >= 11 is 1.88. The fourth-order valence-electron chi connectivity index (χ4n) is 9.15. The summed E-state index contributed by atoms with van der Waals surface area (Å²) in [6.07, 6.45) is 0. The molecule has 0 bridgehead atoms. The van der Waals surface area contributed by atoms with E-state index in [1.54, 1.807) is 0 Å². The average Bonchev–Trinajstić information content (AvgIpc) is 3.80. The number of rotatable bonds is 6. The summed E-state index contributed by atoms with van der Waals surface area (Å²) in [6.45, 7) is 0. The van der Waals surface area contributed by atoms with Crippen LogP contribution in [0.5, 0.6) is 0 Å². The Kier molecular flexibility index (Phi) is 7.33. The maximum atomic E-state index is 2.52. The van der Waals surface area contributed by atoms with Crippen LogP contribution in [0.15, 0.2) is 212 Å². The lowest BCUT2D eigenvalue weighted by atomic mass is 9.68. The number of anilines is 3. The maximum Gasteiger partial charge on any atom is 0.0714 e. The molecule has 11 rings (SSSR count). The van der Waals surface area contributed by atoms with Crippen molar-refractivity contribution in [2.45, 2.75) is 5.41 Å². The number of benzene rings is 9. The zero-order valence-corrected chi connectivity index (χ0v) is 30.9. The first-order valence-electron chi connectivity index (χ1n) is 18.9. The monoisotopic (exact) mass is 717 g/mol. The molecule has 0 unspecified atom stereocenters. The normalized spacial score (nSPS) is 12.9. The Morgan fingerprint density at radius 3 is 1.80 bits per heavy atom. The Balaban J connectivity index is 1.19. The van der Waals surface area contributed by atoms with Crippen molar-refractivity contribution >= 4 is 59.3 Å². The molecular weight excluding hydrogens is 683 g/mol. The molecule has 0 spiro atoms. The third kappa shape index (κ3) is 4.85. The minimum Gasteiger partial charge on any atom is -0.308 e. The van der Waals surface area contributed by atoms with Gasteiger partial charge in [-0.15, -0.1) is 11.3 Å². The van der Waals surface area contributed by atoms with Crippen LogP contribution in [0.1, 0.15) is 22.3 Å². The summed E-state index contributed by atoms with van der Waals surface area (Å²) in [5.41, 5.74) is 13.1. The van der Waals surface area contributed by atoms with Crippen LogP contribution in [0.3, 0.4) is 0 Å². The third-order valence-corrected chi connectivity index (χ3v) is 12.7. The number of nitrogens with zero attached hydrogens (tertiary/aromatic N) is 1. The molecule has 0 amide bonds. The fraction of sp³-hybridized carbons (Fsp3) is 0.0189. The van der Waals surface area contributed by atoms with Crippen LogP contribution in [0.4, 0.5) is 17.1 Å². The Morgan fingerprint density at radius 1 is 0.400 bits per heavy atom. The van der Waals surface area contributed by atoms with E-state index in [0.717, 1.165) is 5.69 Å². The van der Waals surface area contributed by atoms with Crippen LogP contribution in [-0.4, -0.2) is 0 Å². The van der Waals surface area contributed by atoms with Crippen molar-refractivity contribution in [3.05, 3.63) is 235 Å². The van der Waals surface area contributed by atoms with Gasteiger partial charge >= 0.3 is 0 Å². The lowest BCUT2D eigenvalue weighted by Gasteiger charge is -2.34. The summed E-state index contributed by atoms with van der Waals surface area (Å²) < 4.78 is 2.58. The Labute approximate surface area is 325 Å².